The fourth-order valence-electron chi connectivity index (χ4n) is 2.97. The van der Waals surface area contributed by atoms with Crippen LogP contribution in [0, 0.1) is 0 Å². The number of thioether (sulfide) groups is 1. The molecule has 2 aromatic heterocycles. The first-order chi connectivity index (χ1) is 13.2. The highest BCUT2D eigenvalue weighted by Crippen LogP contribution is 2.15. The van der Waals surface area contributed by atoms with Crippen LogP contribution in [0.2, 0.25) is 0 Å². The largest absolute Gasteiger partial charge is 0.356 e. The molecule has 28 heavy (non-hydrogen) atoms. The van der Waals surface area contributed by atoms with E-state index in [9.17, 15) is 0 Å². The molecule has 1 N–H and O–H groups in total. The Bertz CT molecular complexity index is 893. The maximum absolute atomic E-state index is 4.40. The van der Waals surface area contributed by atoms with Crippen molar-refractivity contribution in [2.24, 2.45) is 4.99 Å². The number of hydrogen-bond donors (Lipinski definition) is 1. The summed E-state index contributed by atoms with van der Waals surface area (Å²) in [6, 6.07) is 14.6. The van der Waals surface area contributed by atoms with Crippen molar-refractivity contribution in [2.75, 3.05) is 26.9 Å². The molecule has 0 saturated carbocycles. The summed E-state index contributed by atoms with van der Waals surface area (Å²) in [4.78, 5) is 7.82. The lowest BCUT2D eigenvalue weighted by atomic mass is 10.2. The van der Waals surface area contributed by atoms with Gasteiger partial charge in [-0.3, -0.25) is 9.39 Å². The molecule has 0 atom stereocenters. The quantitative estimate of drug-likeness (QED) is 0.173. The number of aliphatic imine (C=N–C) groups is 1. The molecule has 0 aliphatic carbocycles. The highest BCUT2D eigenvalue weighted by molar-refractivity contribution is 14.0. The number of rotatable bonds is 7. The third kappa shape index (κ3) is 5.84. The molecule has 3 aromatic rings. The van der Waals surface area contributed by atoms with E-state index < -0.39 is 0 Å². The Labute approximate surface area is 187 Å². The van der Waals surface area contributed by atoms with E-state index in [0.717, 1.165) is 43.4 Å². The lowest BCUT2D eigenvalue weighted by molar-refractivity contribution is 0.475. The SMILES string of the molecule is CN=C(NCCCc1nnc2ccccn12)N(C)Cc1ccc(SC)cc1.I. The Morgan fingerprint density at radius 3 is 2.68 bits per heavy atom. The van der Waals surface area contributed by atoms with Crippen molar-refractivity contribution in [3.63, 3.8) is 0 Å². The van der Waals surface area contributed by atoms with Gasteiger partial charge in [-0.05, 0) is 42.5 Å². The molecule has 1 aromatic carbocycles. The molecule has 0 aliphatic heterocycles. The second-order valence-electron chi connectivity index (χ2n) is 6.33. The molecular formula is C20H27IN6S. The second kappa shape index (κ2) is 11.3. The minimum absolute atomic E-state index is 0. The van der Waals surface area contributed by atoms with E-state index in [1.807, 2.05) is 35.8 Å². The van der Waals surface area contributed by atoms with Crippen LogP contribution in [0.25, 0.3) is 5.65 Å². The number of hydrogen-bond acceptors (Lipinski definition) is 4. The van der Waals surface area contributed by atoms with E-state index >= 15 is 0 Å². The molecule has 0 spiro atoms. The molecule has 8 heteroatoms. The first-order valence-corrected chi connectivity index (χ1v) is 10.3. The van der Waals surface area contributed by atoms with Gasteiger partial charge in [0.05, 0.1) is 0 Å². The smallest absolute Gasteiger partial charge is 0.193 e. The Morgan fingerprint density at radius 1 is 1.18 bits per heavy atom. The molecule has 0 saturated heterocycles. The Morgan fingerprint density at radius 2 is 1.96 bits per heavy atom. The van der Waals surface area contributed by atoms with Gasteiger partial charge in [0.25, 0.3) is 0 Å². The number of halogens is 1. The van der Waals surface area contributed by atoms with Gasteiger partial charge in [-0.1, -0.05) is 18.2 Å². The van der Waals surface area contributed by atoms with E-state index in [-0.39, 0.29) is 24.0 Å². The Balaban J connectivity index is 0.00000280. The predicted molar refractivity (Wildman–Crippen MR) is 128 cm³/mol. The zero-order valence-electron chi connectivity index (χ0n) is 16.5. The van der Waals surface area contributed by atoms with Crippen LogP contribution < -0.4 is 5.32 Å². The molecular weight excluding hydrogens is 483 g/mol. The molecule has 0 amide bonds. The fourth-order valence-corrected chi connectivity index (χ4v) is 3.38. The number of nitrogens with one attached hydrogen (secondary N) is 1. The van der Waals surface area contributed by atoms with Crippen molar-refractivity contribution in [1.29, 1.82) is 0 Å². The highest BCUT2D eigenvalue weighted by atomic mass is 127. The molecule has 6 nitrogen and oxygen atoms in total. The number of fused-ring (bicyclic) bond motifs is 1. The third-order valence-corrected chi connectivity index (χ3v) is 5.14. The number of nitrogens with zero attached hydrogens (tertiary/aromatic N) is 5. The average molecular weight is 510 g/mol. The Hall–Kier alpha value is -1.81. The van der Waals surface area contributed by atoms with Crippen LogP contribution in [0.1, 0.15) is 17.8 Å². The van der Waals surface area contributed by atoms with Crippen molar-refractivity contribution in [3.05, 3.63) is 60.0 Å². The van der Waals surface area contributed by atoms with Gasteiger partial charge in [-0.2, -0.15) is 0 Å². The van der Waals surface area contributed by atoms with Gasteiger partial charge in [-0.15, -0.1) is 45.9 Å². The number of aryl methyl sites for hydroxylation is 1. The summed E-state index contributed by atoms with van der Waals surface area (Å²) in [7, 11) is 3.88. The normalized spacial score (nSPS) is 11.3. The summed E-state index contributed by atoms with van der Waals surface area (Å²) in [6.07, 6.45) is 5.93. The lowest BCUT2D eigenvalue weighted by Crippen LogP contribution is -2.39. The minimum Gasteiger partial charge on any atom is -0.356 e. The van der Waals surface area contributed by atoms with Crippen LogP contribution in [0.15, 0.2) is 58.5 Å². The van der Waals surface area contributed by atoms with Gasteiger partial charge in [-0.25, -0.2) is 0 Å². The summed E-state index contributed by atoms with van der Waals surface area (Å²) in [6.45, 7) is 1.66. The zero-order chi connectivity index (χ0) is 19.1. The van der Waals surface area contributed by atoms with Gasteiger partial charge < -0.3 is 10.2 Å². The summed E-state index contributed by atoms with van der Waals surface area (Å²) in [5.41, 5.74) is 2.16. The monoisotopic (exact) mass is 510 g/mol. The van der Waals surface area contributed by atoms with E-state index in [4.69, 9.17) is 0 Å². The van der Waals surface area contributed by atoms with E-state index in [1.165, 1.54) is 10.5 Å². The summed E-state index contributed by atoms with van der Waals surface area (Å²) >= 11 is 1.76. The van der Waals surface area contributed by atoms with Crippen molar-refractivity contribution < 1.29 is 0 Å². The van der Waals surface area contributed by atoms with Crippen molar-refractivity contribution in [1.82, 2.24) is 24.8 Å². The van der Waals surface area contributed by atoms with Crippen LogP contribution in [0.5, 0.6) is 0 Å². The molecule has 0 unspecified atom stereocenters. The molecule has 2 heterocycles. The molecule has 0 bridgehead atoms. The summed E-state index contributed by atoms with van der Waals surface area (Å²) < 4.78 is 2.04. The molecule has 0 fully saturated rings. The summed E-state index contributed by atoms with van der Waals surface area (Å²) in [5, 5.41) is 11.9. The lowest BCUT2D eigenvalue weighted by Gasteiger charge is -2.22. The first kappa shape index (κ1) is 22.5. The second-order valence-corrected chi connectivity index (χ2v) is 7.21. The molecule has 3 rings (SSSR count). The number of pyridine rings is 1. The van der Waals surface area contributed by atoms with Crippen LogP contribution in [-0.4, -0.2) is 52.4 Å². The molecule has 0 radical (unpaired) electrons. The zero-order valence-corrected chi connectivity index (χ0v) is 19.6. The van der Waals surface area contributed by atoms with Gasteiger partial charge >= 0.3 is 0 Å². The van der Waals surface area contributed by atoms with Crippen molar-refractivity contribution in [2.45, 2.75) is 24.3 Å². The van der Waals surface area contributed by atoms with Gasteiger partial charge in [0, 0.05) is 44.7 Å². The topological polar surface area (TPSA) is 57.8 Å². The molecule has 150 valence electrons. The first-order valence-electron chi connectivity index (χ1n) is 9.04. The van der Waals surface area contributed by atoms with Gasteiger partial charge in [0.2, 0.25) is 0 Å². The predicted octanol–water partition coefficient (Wildman–Crippen LogP) is 3.71. The standard InChI is InChI=1S/C20H26N6S.HI/c1-21-20(25(2)15-16-9-11-17(27-3)12-10-16)22-13-6-8-19-24-23-18-7-4-5-14-26(18)19;/h4-5,7,9-12,14H,6,8,13,15H2,1-3H3,(H,21,22);1H. The fraction of sp³-hybridized carbons (Fsp3) is 0.350. The van der Waals surface area contributed by atoms with Crippen LogP contribution in [-0.2, 0) is 13.0 Å². The van der Waals surface area contributed by atoms with Crippen molar-refractivity contribution in [3.8, 4) is 0 Å². The highest BCUT2D eigenvalue weighted by Gasteiger charge is 2.08. The number of aromatic nitrogens is 3. The van der Waals surface area contributed by atoms with Gasteiger partial charge in [0.15, 0.2) is 11.6 Å². The number of benzene rings is 1. The maximum atomic E-state index is 4.40. The van der Waals surface area contributed by atoms with Gasteiger partial charge in [0.1, 0.15) is 5.82 Å². The van der Waals surface area contributed by atoms with E-state index in [1.54, 1.807) is 11.8 Å². The Kier molecular flexibility index (Phi) is 9.04. The van der Waals surface area contributed by atoms with Crippen LogP contribution in [0.3, 0.4) is 0 Å². The maximum Gasteiger partial charge on any atom is 0.193 e. The molecule has 0 aliphatic rings. The van der Waals surface area contributed by atoms with E-state index in [2.05, 4.69) is 63.0 Å². The number of guanidine groups is 1. The average Bonchev–Trinajstić information content (AvgIpc) is 3.12. The van der Waals surface area contributed by atoms with Crippen LogP contribution in [0.4, 0.5) is 0 Å². The van der Waals surface area contributed by atoms with Crippen LogP contribution >= 0.6 is 35.7 Å². The summed E-state index contributed by atoms with van der Waals surface area (Å²) in [5.74, 6) is 1.89. The van der Waals surface area contributed by atoms with E-state index in [0.29, 0.717) is 0 Å². The minimum atomic E-state index is 0. The third-order valence-electron chi connectivity index (χ3n) is 4.40. The van der Waals surface area contributed by atoms with Crippen molar-refractivity contribution >= 4 is 47.3 Å².